The van der Waals surface area contributed by atoms with Crippen molar-refractivity contribution in [1.82, 2.24) is 5.32 Å². The third kappa shape index (κ3) is 4.93. The maximum absolute atomic E-state index is 12.2. The van der Waals surface area contributed by atoms with Gasteiger partial charge >= 0.3 is 5.97 Å². The number of rotatable bonds is 7. The molecule has 1 aromatic rings. The van der Waals surface area contributed by atoms with Crippen molar-refractivity contribution in [3.63, 3.8) is 0 Å². The molecule has 0 radical (unpaired) electrons. The van der Waals surface area contributed by atoms with Crippen LogP contribution in [0, 0.1) is 5.41 Å². The van der Waals surface area contributed by atoms with Gasteiger partial charge in [-0.05, 0) is 38.5 Å². The van der Waals surface area contributed by atoms with Gasteiger partial charge in [-0.3, -0.25) is 9.59 Å². The van der Waals surface area contributed by atoms with E-state index in [0.29, 0.717) is 22.9 Å². The molecule has 0 fully saturated rings. The molecule has 1 amide bonds. The minimum atomic E-state index is -1.04. The largest absolute Gasteiger partial charge is 0.493 e. The number of carboxylic acid groups (broad SMARTS) is 1. The first-order chi connectivity index (χ1) is 9.77. The fourth-order valence-electron chi connectivity index (χ4n) is 1.49. The number of benzene rings is 1. The van der Waals surface area contributed by atoms with Crippen molar-refractivity contribution in [3.8, 4) is 5.75 Å². The second-order valence-corrected chi connectivity index (χ2v) is 5.80. The molecule has 0 aliphatic heterocycles. The van der Waals surface area contributed by atoms with E-state index in [1.54, 1.807) is 26.0 Å². The summed E-state index contributed by atoms with van der Waals surface area (Å²) < 4.78 is 5.51. The molecule has 1 rings (SSSR count). The lowest BCUT2D eigenvalue weighted by Gasteiger charge is -2.20. The summed E-state index contributed by atoms with van der Waals surface area (Å²) in [5, 5.41) is 12.1. The molecule has 6 heteroatoms. The SMILES string of the molecule is CCCOc1ccc(Cl)cc1C(=O)NCC(C)(C)C(=O)O. The average molecular weight is 314 g/mol. The Morgan fingerprint density at radius 1 is 1.38 bits per heavy atom. The summed E-state index contributed by atoms with van der Waals surface area (Å²) >= 11 is 5.91. The molecule has 0 bridgehead atoms. The van der Waals surface area contributed by atoms with Crippen LogP contribution in [-0.4, -0.2) is 30.1 Å². The van der Waals surface area contributed by atoms with Crippen LogP contribution in [0.25, 0.3) is 0 Å². The van der Waals surface area contributed by atoms with Crippen molar-refractivity contribution < 1.29 is 19.4 Å². The Kier molecular flexibility index (Phi) is 6.03. The monoisotopic (exact) mass is 313 g/mol. The Bertz CT molecular complexity index is 528. The summed E-state index contributed by atoms with van der Waals surface area (Å²) in [4.78, 5) is 23.2. The zero-order chi connectivity index (χ0) is 16.0. The first-order valence-corrected chi connectivity index (χ1v) is 7.09. The van der Waals surface area contributed by atoms with Gasteiger partial charge < -0.3 is 15.2 Å². The third-order valence-electron chi connectivity index (χ3n) is 2.92. The van der Waals surface area contributed by atoms with Gasteiger partial charge in [0.2, 0.25) is 0 Å². The summed E-state index contributed by atoms with van der Waals surface area (Å²) in [5.74, 6) is -0.943. The van der Waals surface area contributed by atoms with Gasteiger partial charge in [0.25, 0.3) is 5.91 Å². The van der Waals surface area contributed by atoms with E-state index in [2.05, 4.69) is 5.32 Å². The summed E-state index contributed by atoms with van der Waals surface area (Å²) in [6.45, 7) is 5.55. The van der Waals surface area contributed by atoms with E-state index in [0.717, 1.165) is 6.42 Å². The molecule has 2 N–H and O–H groups in total. The minimum absolute atomic E-state index is 0.0148. The number of carbonyl (C=O) groups is 2. The number of carbonyl (C=O) groups excluding carboxylic acids is 1. The standard InChI is InChI=1S/C15H20ClNO4/c1-4-7-21-12-6-5-10(16)8-11(12)13(18)17-9-15(2,3)14(19)20/h5-6,8H,4,7,9H2,1-3H3,(H,17,18)(H,19,20). The number of halogens is 1. The molecule has 0 saturated carbocycles. The van der Waals surface area contributed by atoms with Gasteiger partial charge in [-0.25, -0.2) is 0 Å². The Morgan fingerprint density at radius 2 is 2.05 bits per heavy atom. The number of aliphatic carboxylic acids is 1. The molecule has 0 unspecified atom stereocenters. The van der Waals surface area contributed by atoms with Gasteiger partial charge in [0, 0.05) is 11.6 Å². The topological polar surface area (TPSA) is 75.6 Å². The van der Waals surface area contributed by atoms with Crippen molar-refractivity contribution in [1.29, 1.82) is 0 Å². The first-order valence-electron chi connectivity index (χ1n) is 6.72. The van der Waals surface area contributed by atoms with Crippen molar-refractivity contribution in [3.05, 3.63) is 28.8 Å². The lowest BCUT2D eigenvalue weighted by molar-refractivity contribution is -0.146. The predicted molar refractivity (Wildman–Crippen MR) is 81.0 cm³/mol. The molecular formula is C15H20ClNO4. The normalized spacial score (nSPS) is 11.0. The van der Waals surface area contributed by atoms with Gasteiger partial charge in [0.15, 0.2) is 0 Å². The number of nitrogens with one attached hydrogen (secondary N) is 1. The van der Waals surface area contributed by atoms with Gasteiger partial charge in [-0.1, -0.05) is 18.5 Å². The fraction of sp³-hybridized carbons (Fsp3) is 0.467. The summed E-state index contributed by atoms with van der Waals surface area (Å²) in [6, 6.07) is 4.79. The Labute approximate surface area is 129 Å². The minimum Gasteiger partial charge on any atom is -0.493 e. The highest BCUT2D eigenvalue weighted by molar-refractivity contribution is 6.31. The smallest absolute Gasteiger partial charge is 0.310 e. The Hall–Kier alpha value is -1.75. The average Bonchev–Trinajstić information content (AvgIpc) is 2.43. The van der Waals surface area contributed by atoms with E-state index in [1.165, 1.54) is 6.07 Å². The molecule has 0 spiro atoms. The lowest BCUT2D eigenvalue weighted by Crippen LogP contribution is -2.39. The van der Waals surface area contributed by atoms with Crippen LogP contribution in [0.2, 0.25) is 5.02 Å². The van der Waals surface area contributed by atoms with Crippen LogP contribution < -0.4 is 10.1 Å². The van der Waals surface area contributed by atoms with Crippen LogP contribution in [0.15, 0.2) is 18.2 Å². The van der Waals surface area contributed by atoms with E-state index in [4.69, 9.17) is 21.4 Å². The van der Waals surface area contributed by atoms with Crippen LogP contribution in [0.3, 0.4) is 0 Å². The van der Waals surface area contributed by atoms with Crippen LogP contribution in [0.4, 0.5) is 0 Å². The van der Waals surface area contributed by atoms with Gasteiger partial charge in [-0.2, -0.15) is 0 Å². The van der Waals surface area contributed by atoms with Crippen LogP contribution >= 0.6 is 11.6 Å². The van der Waals surface area contributed by atoms with Crippen molar-refractivity contribution >= 4 is 23.5 Å². The fourth-order valence-corrected chi connectivity index (χ4v) is 1.66. The number of amides is 1. The Morgan fingerprint density at radius 3 is 2.62 bits per heavy atom. The van der Waals surface area contributed by atoms with Gasteiger partial charge in [0.05, 0.1) is 17.6 Å². The molecule has 0 aromatic heterocycles. The van der Waals surface area contributed by atoms with Crippen LogP contribution in [0.5, 0.6) is 5.75 Å². The highest BCUT2D eigenvalue weighted by atomic mass is 35.5. The van der Waals surface area contributed by atoms with Crippen LogP contribution in [0.1, 0.15) is 37.6 Å². The zero-order valence-corrected chi connectivity index (χ0v) is 13.2. The zero-order valence-electron chi connectivity index (χ0n) is 12.4. The van der Waals surface area contributed by atoms with E-state index in [1.807, 2.05) is 6.92 Å². The summed E-state index contributed by atoms with van der Waals surface area (Å²) in [7, 11) is 0. The highest BCUT2D eigenvalue weighted by Gasteiger charge is 2.28. The number of hydrogen-bond donors (Lipinski definition) is 2. The Balaban J connectivity index is 2.86. The third-order valence-corrected chi connectivity index (χ3v) is 3.15. The molecule has 5 nitrogen and oxygen atoms in total. The lowest BCUT2D eigenvalue weighted by atomic mass is 9.94. The predicted octanol–water partition coefficient (Wildman–Crippen LogP) is 2.97. The number of carboxylic acids is 1. The second kappa shape index (κ2) is 7.31. The van der Waals surface area contributed by atoms with Gasteiger partial charge in [-0.15, -0.1) is 0 Å². The number of hydrogen-bond acceptors (Lipinski definition) is 3. The van der Waals surface area contributed by atoms with E-state index < -0.39 is 17.3 Å². The van der Waals surface area contributed by atoms with Gasteiger partial charge in [0.1, 0.15) is 5.75 Å². The summed E-state index contributed by atoms with van der Waals surface area (Å²) in [6.07, 6.45) is 0.815. The molecule has 0 heterocycles. The van der Waals surface area contributed by atoms with Crippen molar-refractivity contribution in [2.45, 2.75) is 27.2 Å². The maximum Gasteiger partial charge on any atom is 0.310 e. The molecule has 0 atom stereocenters. The molecular weight excluding hydrogens is 294 g/mol. The van der Waals surface area contributed by atoms with Crippen LogP contribution in [-0.2, 0) is 4.79 Å². The molecule has 0 aliphatic rings. The van der Waals surface area contributed by atoms with Crippen molar-refractivity contribution in [2.24, 2.45) is 5.41 Å². The molecule has 0 aliphatic carbocycles. The van der Waals surface area contributed by atoms with E-state index >= 15 is 0 Å². The summed E-state index contributed by atoms with van der Waals surface area (Å²) in [5.41, 5.74) is -0.740. The van der Waals surface area contributed by atoms with Crippen molar-refractivity contribution in [2.75, 3.05) is 13.2 Å². The molecule has 116 valence electrons. The number of ether oxygens (including phenoxy) is 1. The molecule has 21 heavy (non-hydrogen) atoms. The highest BCUT2D eigenvalue weighted by Crippen LogP contribution is 2.23. The molecule has 0 saturated heterocycles. The van der Waals surface area contributed by atoms with E-state index in [-0.39, 0.29) is 6.54 Å². The second-order valence-electron chi connectivity index (χ2n) is 5.36. The molecule has 1 aromatic carbocycles. The maximum atomic E-state index is 12.2. The first kappa shape index (κ1) is 17.3. The quantitative estimate of drug-likeness (QED) is 0.811. The van der Waals surface area contributed by atoms with E-state index in [9.17, 15) is 9.59 Å².